The Balaban J connectivity index is 0.000000689. The molecular weight excluding hydrogens is 1560 g/mol. The van der Waals surface area contributed by atoms with E-state index in [1.807, 2.05) is 46.8 Å². The summed E-state index contributed by atoms with van der Waals surface area (Å²) in [6, 6.07) is 34.8. The summed E-state index contributed by atoms with van der Waals surface area (Å²) in [6.45, 7) is 37.0. The van der Waals surface area contributed by atoms with Crippen LogP contribution in [0.2, 0.25) is 0 Å². The molecule has 0 aliphatic rings. The molecule has 0 spiro atoms. The van der Waals surface area contributed by atoms with Crippen LogP contribution < -0.4 is 33.2 Å². The van der Waals surface area contributed by atoms with Gasteiger partial charge in [-0.2, -0.15) is 39.5 Å². The molecule has 7 rings (SSSR count). The van der Waals surface area contributed by atoms with Gasteiger partial charge in [-0.15, -0.1) is 0 Å². The minimum Gasteiger partial charge on any atom is -0.468 e. The molecule has 21 nitrogen and oxygen atoms in total. The first kappa shape index (κ1) is 104. The number of esters is 3. The zero-order chi connectivity index (χ0) is 89.6. The Bertz CT molecular complexity index is 4430. The van der Waals surface area contributed by atoms with Gasteiger partial charge in [-0.25, -0.2) is 14.4 Å². The first-order chi connectivity index (χ1) is 55.6. The fourth-order valence-corrected chi connectivity index (χ4v) is 9.19. The van der Waals surface area contributed by atoms with Gasteiger partial charge in [0.25, 0.3) is 0 Å². The largest absolute Gasteiger partial charge is 0.468 e. The van der Waals surface area contributed by atoms with Gasteiger partial charge in [0.1, 0.15) is 56.9 Å². The van der Waals surface area contributed by atoms with E-state index in [9.17, 15) is 58.7 Å². The Morgan fingerprint density at radius 3 is 1.09 bits per heavy atom. The minimum atomic E-state index is -4.44. The number of aliphatic hydroxyl groups is 1. The fraction of sp³-hybridized carbons (Fsp3) is 0.318. The monoisotopic (exact) mass is 1670 g/mol. The number of benzene rings is 7. The number of carbonyl (C=O) groups excluding carboxylic acids is 4. The Morgan fingerprint density at radius 1 is 0.373 bits per heavy atom. The first-order valence-electron chi connectivity index (χ1n) is 35.1. The van der Waals surface area contributed by atoms with Crippen molar-refractivity contribution in [3.05, 3.63) is 252 Å². The highest BCUT2D eigenvalue weighted by molar-refractivity contribution is 5.98. The van der Waals surface area contributed by atoms with Gasteiger partial charge in [0.15, 0.2) is 53.3 Å². The third-order valence-electron chi connectivity index (χ3n) is 15.5. The summed E-state index contributed by atoms with van der Waals surface area (Å²) in [7, 11) is 13.0. The van der Waals surface area contributed by atoms with Gasteiger partial charge in [-0.3, -0.25) is 4.79 Å². The Labute approximate surface area is 683 Å². The van der Waals surface area contributed by atoms with Crippen molar-refractivity contribution in [2.24, 2.45) is 0 Å². The number of aliphatic hydroxyl groups excluding tert-OH is 1. The van der Waals surface area contributed by atoms with Crippen LogP contribution in [0.3, 0.4) is 0 Å². The van der Waals surface area contributed by atoms with Crippen LogP contribution in [0, 0.1) is 0 Å². The lowest BCUT2D eigenvalue weighted by Crippen LogP contribution is -2.10. The van der Waals surface area contributed by atoms with Crippen LogP contribution in [-0.2, 0) is 49.1 Å². The number of aryl methyl sites for hydroxylation is 1. The van der Waals surface area contributed by atoms with E-state index in [2.05, 4.69) is 60.3 Å². The van der Waals surface area contributed by atoms with Crippen molar-refractivity contribution in [1.82, 2.24) is 0 Å². The van der Waals surface area contributed by atoms with E-state index in [1.54, 1.807) is 73.7 Å². The summed E-state index contributed by atoms with van der Waals surface area (Å²) < 4.78 is 191. The Morgan fingerprint density at radius 2 is 0.703 bits per heavy atom. The van der Waals surface area contributed by atoms with Crippen LogP contribution in [0.15, 0.2) is 180 Å². The molecule has 0 radical (unpaired) electrons. The van der Waals surface area contributed by atoms with Gasteiger partial charge in [0.05, 0.1) is 43.6 Å². The molecule has 644 valence electrons. The quantitative estimate of drug-likeness (QED) is 0.0132. The molecule has 0 fully saturated rings. The van der Waals surface area contributed by atoms with Gasteiger partial charge in [-0.1, -0.05) is 138 Å². The highest BCUT2D eigenvalue weighted by atomic mass is 19.4. The number of methoxy groups -OCH3 is 9. The predicted molar refractivity (Wildman–Crippen MR) is 435 cm³/mol. The number of alkyl halides is 9. The van der Waals surface area contributed by atoms with Crippen LogP contribution in [-0.4, -0.2) is 159 Å². The normalized spacial score (nSPS) is 10.5. The Hall–Kier alpha value is -11.5. The zero-order valence-electron chi connectivity index (χ0n) is 69.0. The molecule has 7 aromatic rings. The van der Waals surface area contributed by atoms with Crippen LogP contribution in [0.25, 0.3) is 39.5 Å². The highest BCUT2D eigenvalue weighted by Crippen LogP contribution is 2.39. The number of ether oxygens (including phenoxy) is 16. The highest BCUT2D eigenvalue weighted by Gasteiger charge is 2.35. The molecule has 30 heteroatoms. The van der Waals surface area contributed by atoms with Gasteiger partial charge in [0.2, 0.25) is 0 Å². The first-order valence-corrected chi connectivity index (χ1v) is 35.1. The number of allylic oxidation sites excluding steroid dienone is 6. The molecule has 1 N–H and O–H groups in total. The molecule has 118 heavy (non-hydrogen) atoms. The maximum Gasteiger partial charge on any atom is 0.416 e. The number of carbonyl (C=O) groups is 4. The topological polar surface area (TPSA) is 236 Å². The smallest absolute Gasteiger partial charge is 0.416 e. The van der Waals surface area contributed by atoms with Crippen LogP contribution >= 0.6 is 0 Å². The number of Topliss-reactive ketones (excluding diaryl/α,β-unsaturated/α-hetero) is 1. The molecule has 0 heterocycles. The number of halogens is 9. The molecule has 0 saturated carbocycles. The van der Waals surface area contributed by atoms with Gasteiger partial charge in [0, 0.05) is 42.7 Å². The molecule has 0 bridgehead atoms. The molecule has 7 aromatic carbocycles. The summed E-state index contributed by atoms with van der Waals surface area (Å²) in [5.41, 5.74) is 6.69. The molecule has 0 aliphatic carbocycles. The number of rotatable bonds is 33. The van der Waals surface area contributed by atoms with Crippen LogP contribution in [0.5, 0.6) is 40.2 Å². The molecule has 0 atom stereocenters. The predicted octanol–water partition coefficient (Wildman–Crippen LogP) is 20.7. The third-order valence-corrected chi connectivity index (χ3v) is 15.5. The number of hydrogen-bond acceptors (Lipinski definition) is 21. The summed E-state index contributed by atoms with van der Waals surface area (Å²) in [6.07, 6.45) is -11.1. The van der Waals surface area contributed by atoms with Crippen molar-refractivity contribution in [2.75, 3.05) is 112 Å². The molecule has 0 amide bonds. The van der Waals surface area contributed by atoms with E-state index in [0.29, 0.717) is 80.0 Å². The molecule has 0 aromatic heterocycles. The van der Waals surface area contributed by atoms with Crippen molar-refractivity contribution in [1.29, 1.82) is 0 Å². The average Bonchev–Trinajstić information content (AvgIpc) is 0.832. The lowest BCUT2D eigenvalue weighted by atomic mass is 9.96. The van der Waals surface area contributed by atoms with Crippen molar-refractivity contribution >= 4 is 63.2 Å². The maximum atomic E-state index is 12.6. The van der Waals surface area contributed by atoms with Crippen LogP contribution in [0.1, 0.15) is 146 Å². The van der Waals surface area contributed by atoms with Crippen LogP contribution in [0.4, 0.5) is 39.5 Å². The number of hydrogen-bond donors (Lipinski definition) is 1. The fourth-order valence-electron chi connectivity index (χ4n) is 9.19. The van der Waals surface area contributed by atoms with Gasteiger partial charge >= 0.3 is 36.4 Å². The van der Waals surface area contributed by atoms with Gasteiger partial charge in [-0.05, 0) is 175 Å². The second kappa shape index (κ2) is 53.7. The number of ketones is 1. The molecular formula is C88H103F9O21. The second-order valence-corrected chi connectivity index (χ2v) is 24.6. The van der Waals surface area contributed by atoms with E-state index in [0.717, 1.165) is 39.0 Å². The molecule has 0 unspecified atom stereocenters. The standard InChI is InChI=1S/C14H17F3O2.2C13H16O4.C13H16O3.C12H13F3O2.C12H14O4.C11H11F3O2/c1-9(2)12-7-11(10(3)14(15,16)17)5-6-13(12)19-8-18-4;1-9(2)10-5-6-12(17-8-15-3)11(7-10)13(14)16-4;1-9(2)10-5-6-11(13(14)16-4)12(7-10)17-8-15-3;1-9(2)11-5-6-13(16-8-15-4)12(7-11)10(3)14;1-3-9-6-10(8(2)12(13,14)15)4-5-11(9)17-7-16;1-4-9-5-6-10(12(13)15-3)11(7-9)16-8-14-2;1-8(11(12,13)14)9-3-5-10(6-4-9)16-7-15-2/h5-7,9H,3,8H2,1-2,4H3;2*5-7H,1,8H2,2-4H3;5-7H,1,8H2,2-4H3;4-6,16H,2-3,7H2,1H3;4-7H,1,8H2,2-3H3;3-6H,1,7H2,2H3. The summed E-state index contributed by atoms with van der Waals surface area (Å²) in [5, 5.41) is 8.63. The van der Waals surface area contributed by atoms with Gasteiger partial charge < -0.3 is 80.9 Å². The Kier molecular flexibility index (Phi) is 47.5. The molecule has 0 aliphatic heterocycles. The summed E-state index contributed by atoms with van der Waals surface area (Å²) >= 11 is 0. The van der Waals surface area contributed by atoms with E-state index < -0.39 is 59.9 Å². The lowest BCUT2D eigenvalue weighted by Gasteiger charge is -2.17. The van der Waals surface area contributed by atoms with Crippen molar-refractivity contribution in [3.63, 3.8) is 0 Å². The van der Waals surface area contributed by atoms with E-state index in [1.165, 1.54) is 132 Å². The van der Waals surface area contributed by atoms with Crippen molar-refractivity contribution in [3.8, 4) is 40.2 Å². The maximum absolute atomic E-state index is 12.6. The minimum absolute atomic E-state index is 0.0136. The average molecular weight is 1670 g/mol. The molecule has 0 saturated heterocycles. The summed E-state index contributed by atoms with van der Waals surface area (Å²) in [5.74, 6) is 1.85. The lowest BCUT2D eigenvalue weighted by molar-refractivity contribution is -0.0695. The van der Waals surface area contributed by atoms with E-state index in [-0.39, 0.29) is 69.1 Å². The zero-order valence-corrected chi connectivity index (χ0v) is 69.0. The second-order valence-electron chi connectivity index (χ2n) is 24.6. The summed E-state index contributed by atoms with van der Waals surface area (Å²) in [4.78, 5) is 46.0. The van der Waals surface area contributed by atoms with E-state index in [4.69, 9.17) is 66.7 Å². The SMILES string of the molecule is C=C(C)c1ccc(C(=O)OC)c(OCOC)c1.C=C(C)c1ccc(OCOC)c(C(=O)OC)c1.C=C(C)c1ccc(OCOC)c(C(C)=O)c1.C=C(c1ccc(OCO)c(CC)c1)C(F)(F)F.C=C(c1ccc(OCOC)c(C(C)C)c1)C(F)(F)F.C=C(c1ccc(OCOC)cc1)C(F)(F)F.C=Cc1ccc(C(=O)OC)c(OCOC)c1. The van der Waals surface area contributed by atoms with Crippen molar-refractivity contribution in [2.45, 2.75) is 79.3 Å². The third kappa shape index (κ3) is 36.3. The van der Waals surface area contributed by atoms with E-state index >= 15 is 0 Å². The van der Waals surface area contributed by atoms with Crippen molar-refractivity contribution < 1.29 is 140 Å².